The van der Waals surface area contributed by atoms with Crippen molar-refractivity contribution in [3.8, 4) is 0 Å². The molecule has 7 nitrogen and oxygen atoms in total. The zero-order valence-electron chi connectivity index (χ0n) is 18.1. The van der Waals surface area contributed by atoms with Crippen LogP contribution in [0.5, 0.6) is 0 Å². The van der Waals surface area contributed by atoms with Crippen LogP contribution in [0.25, 0.3) is 11.0 Å². The van der Waals surface area contributed by atoms with E-state index in [9.17, 15) is 4.79 Å². The number of amides is 1. The molecule has 158 valence electrons. The molecule has 1 fully saturated rings. The van der Waals surface area contributed by atoms with Gasteiger partial charge in [-0.25, -0.2) is 9.97 Å². The standard InChI is InChI=1S/C23H29N5O2/c1-5-16-12-17(23(29)28-10-8-18(30-4)9-11-28)6-7-20(16)27(3)22-13-21-19(14-24-22)25-15-26(21)2/h6-7,12-15,18H,5,8-11H2,1-4H3. The summed E-state index contributed by atoms with van der Waals surface area (Å²) in [6.45, 7) is 3.60. The van der Waals surface area contributed by atoms with Crippen molar-refractivity contribution in [2.75, 3.05) is 32.1 Å². The van der Waals surface area contributed by atoms with E-state index in [1.807, 2.05) is 47.8 Å². The smallest absolute Gasteiger partial charge is 0.253 e. The predicted molar refractivity (Wildman–Crippen MR) is 118 cm³/mol. The van der Waals surface area contributed by atoms with Gasteiger partial charge in [-0.3, -0.25) is 4.79 Å². The lowest BCUT2D eigenvalue weighted by atomic mass is 10.0. The number of rotatable bonds is 5. The van der Waals surface area contributed by atoms with Gasteiger partial charge < -0.3 is 19.1 Å². The molecule has 0 radical (unpaired) electrons. The van der Waals surface area contributed by atoms with Crippen LogP contribution in [0.1, 0.15) is 35.7 Å². The van der Waals surface area contributed by atoms with Gasteiger partial charge in [0.15, 0.2) is 0 Å². The van der Waals surface area contributed by atoms with Crippen LogP contribution in [-0.2, 0) is 18.2 Å². The molecule has 1 amide bonds. The number of aryl methyl sites for hydroxylation is 2. The molecule has 1 aromatic carbocycles. The van der Waals surface area contributed by atoms with Crippen LogP contribution in [0.15, 0.2) is 36.8 Å². The lowest BCUT2D eigenvalue weighted by molar-refractivity contribution is 0.0350. The summed E-state index contributed by atoms with van der Waals surface area (Å²) in [5.74, 6) is 0.949. The second kappa shape index (κ2) is 8.44. The molecule has 0 atom stereocenters. The van der Waals surface area contributed by atoms with Crippen molar-refractivity contribution in [2.45, 2.75) is 32.3 Å². The number of anilines is 2. The van der Waals surface area contributed by atoms with Crippen molar-refractivity contribution in [1.29, 1.82) is 0 Å². The van der Waals surface area contributed by atoms with E-state index in [-0.39, 0.29) is 12.0 Å². The van der Waals surface area contributed by atoms with E-state index in [0.29, 0.717) is 0 Å². The molecule has 1 saturated heterocycles. The quantitative estimate of drug-likeness (QED) is 0.647. The van der Waals surface area contributed by atoms with E-state index in [0.717, 1.165) is 66.0 Å². The van der Waals surface area contributed by atoms with Crippen LogP contribution in [0.3, 0.4) is 0 Å². The lowest BCUT2D eigenvalue weighted by Crippen LogP contribution is -2.40. The Hall–Kier alpha value is -2.93. The number of methoxy groups -OCH3 is 1. The molecule has 0 bridgehead atoms. The first-order valence-electron chi connectivity index (χ1n) is 10.5. The average Bonchev–Trinajstić information content (AvgIpc) is 3.17. The molecular formula is C23H29N5O2. The average molecular weight is 408 g/mol. The lowest BCUT2D eigenvalue weighted by Gasteiger charge is -2.31. The zero-order valence-corrected chi connectivity index (χ0v) is 18.1. The molecule has 7 heteroatoms. The number of hydrogen-bond acceptors (Lipinski definition) is 5. The fourth-order valence-electron chi connectivity index (χ4n) is 4.13. The minimum Gasteiger partial charge on any atom is -0.381 e. The van der Waals surface area contributed by atoms with E-state index in [2.05, 4.69) is 21.8 Å². The van der Waals surface area contributed by atoms with Crippen molar-refractivity contribution >= 4 is 28.4 Å². The van der Waals surface area contributed by atoms with Gasteiger partial charge in [0.2, 0.25) is 0 Å². The number of ether oxygens (including phenoxy) is 1. The molecule has 1 aliphatic heterocycles. The van der Waals surface area contributed by atoms with Crippen LogP contribution >= 0.6 is 0 Å². The molecular weight excluding hydrogens is 378 g/mol. The van der Waals surface area contributed by atoms with Crippen molar-refractivity contribution in [2.24, 2.45) is 7.05 Å². The number of aromatic nitrogens is 3. The van der Waals surface area contributed by atoms with Gasteiger partial charge in [0.25, 0.3) is 5.91 Å². The summed E-state index contributed by atoms with van der Waals surface area (Å²) >= 11 is 0. The zero-order chi connectivity index (χ0) is 21.3. The van der Waals surface area contributed by atoms with E-state index >= 15 is 0 Å². The summed E-state index contributed by atoms with van der Waals surface area (Å²) in [7, 11) is 5.73. The Bertz CT molecular complexity index is 1050. The number of hydrogen-bond donors (Lipinski definition) is 0. The molecule has 4 rings (SSSR count). The highest BCUT2D eigenvalue weighted by Crippen LogP contribution is 2.29. The highest BCUT2D eigenvalue weighted by atomic mass is 16.5. The van der Waals surface area contributed by atoms with Gasteiger partial charge in [0.1, 0.15) is 11.3 Å². The maximum absolute atomic E-state index is 13.0. The Kier molecular flexibility index (Phi) is 5.72. The first-order valence-corrected chi connectivity index (χ1v) is 10.5. The Morgan fingerprint density at radius 3 is 2.70 bits per heavy atom. The monoisotopic (exact) mass is 407 g/mol. The fraction of sp³-hybridized carbons (Fsp3) is 0.435. The second-order valence-electron chi connectivity index (χ2n) is 7.87. The number of benzene rings is 1. The van der Waals surface area contributed by atoms with E-state index < -0.39 is 0 Å². The van der Waals surface area contributed by atoms with Crippen molar-refractivity contribution in [3.63, 3.8) is 0 Å². The molecule has 0 saturated carbocycles. The molecule has 0 unspecified atom stereocenters. The maximum Gasteiger partial charge on any atom is 0.253 e. The van der Waals surface area contributed by atoms with Gasteiger partial charge in [-0.1, -0.05) is 6.92 Å². The number of piperidine rings is 1. The van der Waals surface area contributed by atoms with Gasteiger partial charge in [-0.15, -0.1) is 0 Å². The molecule has 0 aliphatic carbocycles. The molecule has 30 heavy (non-hydrogen) atoms. The van der Waals surface area contributed by atoms with Gasteiger partial charge in [0.05, 0.1) is 24.1 Å². The van der Waals surface area contributed by atoms with E-state index in [1.165, 1.54) is 0 Å². The van der Waals surface area contributed by atoms with Crippen molar-refractivity contribution in [1.82, 2.24) is 19.4 Å². The van der Waals surface area contributed by atoms with Gasteiger partial charge in [-0.05, 0) is 43.0 Å². The molecule has 1 aliphatic rings. The third kappa shape index (κ3) is 3.77. The highest BCUT2D eigenvalue weighted by molar-refractivity contribution is 5.95. The number of carbonyl (C=O) groups is 1. The minimum absolute atomic E-state index is 0.0999. The number of fused-ring (bicyclic) bond motifs is 1. The summed E-state index contributed by atoms with van der Waals surface area (Å²) < 4.78 is 7.41. The largest absolute Gasteiger partial charge is 0.381 e. The third-order valence-corrected chi connectivity index (χ3v) is 6.07. The number of pyridine rings is 1. The Balaban J connectivity index is 1.58. The topological polar surface area (TPSA) is 63.5 Å². The number of likely N-dealkylation sites (tertiary alicyclic amines) is 1. The second-order valence-corrected chi connectivity index (χ2v) is 7.87. The van der Waals surface area contributed by atoms with Gasteiger partial charge in [-0.2, -0.15) is 0 Å². The predicted octanol–water partition coefficient (Wildman–Crippen LogP) is 3.55. The van der Waals surface area contributed by atoms with Crippen molar-refractivity contribution in [3.05, 3.63) is 47.9 Å². The maximum atomic E-state index is 13.0. The Morgan fingerprint density at radius 1 is 1.23 bits per heavy atom. The van der Waals surface area contributed by atoms with Crippen LogP contribution < -0.4 is 4.90 Å². The fourth-order valence-corrected chi connectivity index (χ4v) is 4.13. The van der Waals surface area contributed by atoms with Crippen LogP contribution in [0, 0.1) is 0 Å². The first kappa shape index (κ1) is 20.3. The Morgan fingerprint density at radius 2 is 2.00 bits per heavy atom. The first-order chi connectivity index (χ1) is 14.5. The van der Waals surface area contributed by atoms with Crippen LogP contribution in [0.2, 0.25) is 0 Å². The number of nitrogens with zero attached hydrogens (tertiary/aromatic N) is 5. The minimum atomic E-state index is 0.0999. The molecule has 0 N–H and O–H groups in total. The summed E-state index contributed by atoms with van der Waals surface area (Å²) in [5, 5.41) is 0. The van der Waals surface area contributed by atoms with Gasteiger partial charge >= 0.3 is 0 Å². The number of carbonyl (C=O) groups excluding carboxylic acids is 1. The summed E-state index contributed by atoms with van der Waals surface area (Å²) in [5.41, 5.74) is 4.85. The molecule has 2 aromatic heterocycles. The van der Waals surface area contributed by atoms with Crippen LogP contribution in [-0.4, -0.2) is 58.7 Å². The highest BCUT2D eigenvalue weighted by Gasteiger charge is 2.24. The summed E-state index contributed by atoms with van der Waals surface area (Å²) in [6, 6.07) is 8.03. The van der Waals surface area contributed by atoms with Gasteiger partial charge in [0, 0.05) is 51.6 Å². The Labute approximate surface area is 177 Å². The van der Waals surface area contributed by atoms with Crippen LogP contribution in [0.4, 0.5) is 11.5 Å². The SMILES string of the molecule is CCc1cc(C(=O)N2CCC(OC)CC2)ccc1N(C)c1cc2c(cn1)ncn2C. The third-order valence-electron chi connectivity index (χ3n) is 6.07. The summed E-state index contributed by atoms with van der Waals surface area (Å²) in [6.07, 6.45) is 6.48. The van der Waals surface area contributed by atoms with E-state index in [1.54, 1.807) is 19.6 Å². The normalized spacial score (nSPS) is 15.0. The molecule has 3 heterocycles. The summed E-state index contributed by atoms with van der Waals surface area (Å²) in [4.78, 5) is 26.0. The van der Waals surface area contributed by atoms with E-state index in [4.69, 9.17) is 4.74 Å². The molecule has 3 aromatic rings. The van der Waals surface area contributed by atoms with Crippen molar-refractivity contribution < 1.29 is 9.53 Å². The number of imidazole rings is 1. The molecule has 0 spiro atoms.